The first-order valence-corrected chi connectivity index (χ1v) is 5.20. The van der Waals surface area contributed by atoms with Crippen molar-refractivity contribution in [2.75, 3.05) is 6.54 Å². The first-order chi connectivity index (χ1) is 6.77. The molecule has 2 heterocycles. The molecule has 0 bridgehead atoms. The largest absolute Gasteiger partial charge is 0.472 e. The first-order valence-electron chi connectivity index (χ1n) is 5.20. The van der Waals surface area contributed by atoms with Gasteiger partial charge in [-0.3, -0.25) is 4.90 Å². The SMILES string of the molecule is CC1C(O)CCCN1Cc1ccoc1. The number of aliphatic hydroxyl groups excluding tert-OH is 1. The average molecular weight is 195 g/mol. The lowest BCUT2D eigenvalue weighted by Gasteiger charge is -2.36. The van der Waals surface area contributed by atoms with Crippen LogP contribution in [-0.2, 0) is 6.54 Å². The summed E-state index contributed by atoms with van der Waals surface area (Å²) in [5, 5.41) is 9.71. The number of rotatable bonds is 2. The number of hydrogen-bond acceptors (Lipinski definition) is 3. The van der Waals surface area contributed by atoms with Crippen molar-refractivity contribution in [2.45, 2.75) is 38.5 Å². The lowest BCUT2D eigenvalue weighted by Crippen LogP contribution is -2.45. The normalized spacial score (nSPS) is 29.3. The Bertz CT molecular complexity index is 271. The van der Waals surface area contributed by atoms with Crippen LogP contribution in [0.5, 0.6) is 0 Å². The fourth-order valence-corrected chi connectivity index (χ4v) is 2.03. The molecule has 1 fully saturated rings. The van der Waals surface area contributed by atoms with Crippen LogP contribution in [0.15, 0.2) is 23.0 Å². The molecule has 78 valence electrons. The van der Waals surface area contributed by atoms with Crippen molar-refractivity contribution in [1.29, 1.82) is 0 Å². The monoisotopic (exact) mass is 195 g/mol. The van der Waals surface area contributed by atoms with E-state index in [1.807, 2.05) is 6.07 Å². The van der Waals surface area contributed by atoms with Gasteiger partial charge >= 0.3 is 0 Å². The van der Waals surface area contributed by atoms with Gasteiger partial charge < -0.3 is 9.52 Å². The first kappa shape index (κ1) is 9.74. The maximum absolute atomic E-state index is 9.71. The molecule has 1 saturated heterocycles. The van der Waals surface area contributed by atoms with Crippen LogP contribution in [-0.4, -0.2) is 28.7 Å². The van der Waals surface area contributed by atoms with Crippen molar-refractivity contribution < 1.29 is 9.52 Å². The van der Waals surface area contributed by atoms with E-state index in [2.05, 4.69) is 11.8 Å². The lowest BCUT2D eigenvalue weighted by atomic mass is 10.00. The van der Waals surface area contributed by atoms with E-state index in [4.69, 9.17) is 4.42 Å². The average Bonchev–Trinajstić information content (AvgIpc) is 2.66. The maximum atomic E-state index is 9.71. The summed E-state index contributed by atoms with van der Waals surface area (Å²) < 4.78 is 5.03. The van der Waals surface area contributed by atoms with Crippen LogP contribution >= 0.6 is 0 Å². The fraction of sp³-hybridized carbons (Fsp3) is 0.636. The highest BCUT2D eigenvalue weighted by molar-refractivity contribution is 5.05. The van der Waals surface area contributed by atoms with E-state index < -0.39 is 0 Å². The molecule has 14 heavy (non-hydrogen) atoms. The molecular weight excluding hydrogens is 178 g/mol. The second-order valence-electron chi connectivity index (χ2n) is 4.05. The molecule has 1 aliphatic rings. The Hall–Kier alpha value is -0.800. The van der Waals surface area contributed by atoms with Gasteiger partial charge in [0.15, 0.2) is 0 Å². The van der Waals surface area contributed by atoms with E-state index >= 15 is 0 Å². The molecule has 0 radical (unpaired) electrons. The minimum Gasteiger partial charge on any atom is -0.472 e. The summed E-state index contributed by atoms with van der Waals surface area (Å²) in [6, 6.07) is 2.24. The Kier molecular flexibility index (Phi) is 2.89. The molecule has 1 N–H and O–H groups in total. The number of piperidine rings is 1. The predicted molar refractivity (Wildman–Crippen MR) is 53.8 cm³/mol. The maximum Gasteiger partial charge on any atom is 0.0947 e. The minimum atomic E-state index is -0.171. The molecule has 3 heteroatoms. The molecule has 0 aromatic carbocycles. The molecule has 2 unspecified atom stereocenters. The standard InChI is InChI=1S/C11H17NO2/c1-9-11(13)3-2-5-12(9)7-10-4-6-14-8-10/h4,6,8-9,11,13H,2-3,5,7H2,1H3. The summed E-state index contributed by atoms with van der Waals surface area (Å²) in [5.41, 5.74) is 1.19. The fourth-order valence-electron chi connectivity index (χ4n) is 2.03. The van der Waals surface area contributed by atoms with Gasteiger partial charge in [0.1, 0.15) is 0 Å². The van der Waals surface area contributed by atoms with Gasteiger partial charge in [0, 0.05) is 18.2 Å². The summed E-state index contributed by atoms with van der Waals surface area (Å²) >= 11 is 0. The summed E-state index contributed by atoms with van der Waals surface area (Å²) in [6.45, 7) is 4.04. The third kappa shape index (κ3) is 1.99. The van der Waals surface area contributed by atoms with Crippen LogP contribution in [0.2, 0.25) is 0 Å². The zero-order valence-electron chi connectivity index (χ0n) is 8.52. The Morgan fingerprint density at radius 2 is 2.50 bits per heavy atom. The quantitative estimate of drug-likeness (QED) is 0.779. The van der Waals surface area contributed by atoms with Crippen molar-refractivity contribution in [3.63, 3.8) is 0 Å². The van der Waals surface area contributed by atoms with Crippen LogP contribution in [0.3, 0.4) is 0 Å². The van der Waals surface area contributed by atoms with Gasteiger partial charge in [-0.2, -0.15) is 0 Å². The van der Waals surface area contributed by atoms with Crippen LogP contribution in [0.1, 0.15) is 25.3 Å². The molecule has 1 aromatic rings. The van der Waals surface area contributed by atoms with Gasteiger partial charge in [-0.05, 0) is 32.4 Å². The molecule has 0 spiro atoms. The molecule has 0 amide bonds. The second kappa shape index (κ2) is 4.15. The van der Waals surface area contributed by atoms with E-state index in [-0.39, 0.29) is 12.1 Å². The molecule has 2 atom stereocenters. The minimum absolute atomic E-state index is 0.171. The molecule has 2 rings (SSSR count). The van der Waals surface area contributed by atoms with Gasteiger partial charge in [-0.15, -0.1) is 0 Å². The van der Waals surface area contributed by atoms with E-state index in [0.29, 0.717) is 0 Å². The third-order valence-corrected chi connectivity index (χ3v) is 3.04. The third-order valence-electron chi connectivity index (χ3n) is 3.04. The van der Waals surface area contributed by atoms with E-state index in [9.17, 15) is 5.11 Å². The van der Waals surface area contributed by atoms with E-state index in [1.165, 1.54) is 5.56 Å². The zero-order chi connectivity index (χ0) is 9.97. The number of hydrogen-bond donors (Lipinski definition) is 1. The summed E-state index contributed by atoms with van der Waals surface area (Å²) in [5.74, 6) is 0. The van der Waals surface area contributed by atoms with E-state index in [0.717, 1.165) is 25.9 Å². The number of furan rings is 1. The van der Waals surface area contributed by atoms with Crippen molar-refractivity contribution in [1.82, 2.24) is 4.90 Å². The van der Waals surface area contributed by atoms with Gasteiger partial charge in [-0.25, -0.2) is 0 Å². The van der Waals surface area contributed by atoms with Crippen LogP contribution in [0.25, 0.3) is 0 Å². The highest BCUT2D eigenvalue weighted by atomic mass is 16.3. The number of nitrogens with zero attached hydrogens (tertiary/aromatic N) is 1. The number of aliphatic hydroxyl groups is 1. The van der Waals surface area contributed by atoms with E-state index in [1.54, 1.807) is 12.5 Å². The lowest BCUT2D eigenvalue weighted by molar-refractivity contribution is 0.0156. The van der Waals surface area contributed by atoms with Crippen molar-refractivity contribution in [3.05, 3.63) is 24.2 Å². The Morgan fingerprint density at radius 3 is 3.21 bits per heavy atom. The Balaban J connectivity index is 1.97. The van der Waals surface area contributed by atoms with Crippen molar-refractivity contribution >= 4 is 0 Å². The smallest absolute Gasteiger partial charge is 0.0947 e. The predicted octanol–water partition coefficient (Wildman–Crippen LogP) is 1.62. The molecule has 1 aromatic heterocycles. The van der Waals surface area contributed by atoms with Gasteiger partial charge in [0.25, 0.3) is 0 Å². The summed E-state index contributed by atoms with van der Waals surface area (Å²) in [7, 11) is 0. The second-order valence-corrected chi connectivity index (χ2v) is 4.05. The zero-order valence-corrected chi connectivity index (χ0v) is 8.52. The molecule has 3 nitrogen and oxygen atoms in total. The van der Waals surface area contributed by atoms with Gasteiger partial charge in [0.05, 0.1) is 18.6 Å². The van der Waals surface area contributed by atoms with Crippen molar-refractivity contribution in [2.24, 2.45) is 0 Å². The van der Waals surface area contributed by atoms with Gasteiger partial charge in [-0.1, -0.05) is 0 Å². The molecular formula is C11H17NO2. The Labute approximate surface area is 84.3 Å². The summed E-state index contributed by atoms with van der Waals surface area (Å²) in [6.07, 6.45) is 5.32. The Morgan fingerprint density at radius 1 is 1.64 bits per heavy atom. The molecule has 0 aliphatic carbocycles. The van der Waals surface area contributed by atoms with Gasteiger partial charge in [0.2, 0.25) is 0 Å². The molecule has 0 saturated carbocycles. The van der Waals surface area contributed by atoms with Crippen molar-refractivity contribution in [3.8, 4) is 0 Å². The van der Waals surface area contributed by atoms with Crippen LogP contribution in [0, 0.1) is 0 Å². The van der Waals surface area contributed by atoms with Crippen LogP contribution in [0.4, 0.5) is 0 Å². The highest BCUT2D eigenvalue weighted by Crippen LogP contribution is 2.19. The topological polar surface area (TPSA) is 36.6 Å². The van der Waals surface area contributed by atoms with Crippen LogP contribution < -0.4 is 0 Å². The molecule has 1 aliphatic heterocycles. The highest BCUT2D eigenvalue weighted by Gasteiger charge is 2.25. The summed E-state index contributed by atoms with van der Waals surface area (Å²) in [4.78, 5) is 2.30. The number of likely N-dealkylation sites (tertiary alicyclic amines) is 1.